The molecular weight excluding hydrogens is 272 g/mol. The third-order valence-electron chi connectivity index (χ3n) is 3.49. The van der Waals surface area contributed by atoms with Crippen LogP contribution in [0.1, 0.15) is 19.3 Å². The van der Waals surface area contributed by atoms with Crippen molar-refractivity contribution in [2.24, 2.45) is 0 Å². The van der Waals surface area contributed by atoms with Crippen molar-refractivity contribution >= 4 is 35.5 Å². The fraction of sp³-hybridized carbons (Fsp3) is 0.818. The zero-order chi connectivity index (χ0) is 13.1. The molecule has 0 radical (unpaired) electrons. The van der Waals surface area contributed by atoms with E-state index in [1.807, 2.05) is 0 Å². The maximum Gasteiger partial charge on any atom is 0.327 e. The van der Waals surface area contributed by atoms with Crippen LogP contribution in [-0.2, 0) is 4.79 Å². The first-order valence-corrected chi connectivity index (χ1v) is 8.48. The number of hydrogen-bond acceptors (Lipinski definition) is 4. The number of nitrogens with one attached hydrogen (secondary N) is 1. The molecular formula is C11H18N2O3S2. The van der Waals surface area contributed by atoms with Crippen LogP contribution in [0.3, 0.4) is 0 Å². The summed E-state index contributed by atoms with van der Waals surface area (Å²) in [5.74, 6) is 0.0433. The Kier molecular flexibility index (Phi) is 4.66. The van der Waals surface area contributed by atoms with Crippen LogP contribution in [0.15, 0.2) is 0 Å². The number of carboxylic acids is 1. The number of urea groups is 1. The van der Waals surface area contributed by atoms with E-state index in [-0.39, 0.29) is 12.1 Å². The molecule has 0 spiro atoms. The van der Waals surface area contributed by atoms with Crippen molar-refractivity contribution in [3.63, 3.8) is 0 Å². The van der Waals surface area contributed by atoms with E-state index in [4.69, 9.17) is 5.11 Å². The van der Waals surface area contributed by atoms with E-state index in [0.717, 1.165) is 19.3 Å². The Morgan fingerprint density at radius 1 is 1.44 bits per heavy atom. The van der Waals surface area contributed by atoms with Gasteiger partial charge < -0.3 is 15.3 Å². The lowest BCUT2D eigenvalue weighted by molar-refractivity contribution is -0.140. The zero-order valence-corrected chi connectivity index (χ0v) is 11.9. The van der Waals surface area contributed by atoms with Crippen molar-refractivity contribution in [2.45, 2.75) is 36.6 Å². The molecule has 3 atom stereocenters. The average Bonchev–Trinajstić information content (AvgIpc) is 2.96. The van der Waals surface area contributed by atoms with Crippen LogP contribution in [-0.4, -0.2) is 57.2 Å². The molecule has 1 heterocycles. The molecule has 7 heteroatoms. The minimum Gasteiger partial charge on any atom is -0.480 e. The molecule has 0 aromatic carbocycles. The third-order valence-corrected chi connectivity index (χ3v) is 5.67. The zero-order valence-electron chi connectivity index (χ0n) is 10.3. The molecule has 2 fully saturated rings. The van der Waals surface area contributed by atoms with Crippen LogP contribution in [0.25, 0.3) is 0 Å². The van der Waals surface area contributed by atoms with Crippen LogP contribution in [0.2, 0.25) is 0 Å². The van der Waals surface area contributed by atoms with Crippen LogP contribution < -0.4 is 5.32 Å². The van der Waals surface area contributed by atoms with Gasteiger partial charge in [0.15, 0.2) is 0 Å². The predicted molar refractivity (Wildman–Crippen MR) is 74.1 cm³/mol. The molecule has 0 aromatic heterocycles. The second kappa shape index (κ2) is 6.06. The quantitative estimate of drug-likeness (QED) is 0.823. The van der Waals surface area contributed by atoms with Crippen molar-refractivity contribution in [3.8, 4) is 0 Å². The maximum absolute atomic E-state index is 12.1. The number of carboxylic acid groups (broad SMARTS) is 1. The molecule has 0 aromatic rings. The number of hydrogen-bond donors (Lipinski definition) is 2. The van der Waals surface area contributed by atoms with Gasteiger partial charge in [-0.25, -0.2) is 9.59 Å². The molecule has 0 bridgehead atoms. The van der Waals surface area contributed by atoms with Gasteiger partial charge in [0.05, 0.1) is 5.88 Å². The third kappa shape index (κ3) is 2.88. The number of amides is 2. The number of thioether (sulfide) groups is 2. The fourth-order valence-electron chi connectivity index (χ4n) is 2.46. The van der Waals surface area contributed by atoms with Crippen LogP contribution in [0.4, 0.5) is 4.79 Å². The summed E-state index contributed by atoms with van der Waals surface area (Å²) in [6.07, 6.45) is 5.31. The Balaban J connectivity index is 1.93. The van der Waals surface area contributed by atoms with Crippen molar-refractivity contribution in [2.75, 3.05) is 17.9 Å². The lowest BCUT2D eigenvalue weighted by atomic mass is 10.2. The van der Waals surface area contributed by atoms with E-state index in [1.165, 1.54) is 16.7 Å². The largest absolute Gasteiger partial charge is 0.480 e. The summed E-state index contributed by atoms with van der Waals surface area (Å²) in [4.78, 5) is 24.6. The molecule has 5 nitrogen and oxygen atoms in total. The summed E-state index contributed by atoms with van der Waals surface area (Å²) in [5, 5.41) is 12.5. The monoisotopic (exact) mass is 290 g/mol. The Hall–Kier alpha value is -0.560. The van der Waals surface area contributed by atoms with Gasteiger partial charge >= 0.3 is 12.0 Å². The standard InChI is InChI=1S/C11H18N2O3S2/c1-17-9-4-2-3-7(9)12-11(16)13-6-18-5-8(13)10(14)15/h7-9H,2-6H2,1H3,(H,12,16)(H,14,15)/t7?,8-,9?/m0/s1. The van der Waals surface area contributed by atoms with Gasteiger partial charge in [0.25, 0.3) is 0 Å². The molecule has 2 unspecified atom stereocenters. The molecule has 1 aliphatic heterocycles. The highest BCUT2D eigenvalue weighted by atomic mass is 32.2. The van der Waals surface area contributed by atoms with Gasteiger partial charge in [-0.1, -0.05) is 6.42 Å². The molecule has 2 amide bonds. The lowest BCUT2D eigenvalue weighted by Crippen LogP contribution is -2.50. The molecule has 1 saturated heterocycles. The summed E-state index contributed by atoms with van der Waals surface area (Å²) >= 11 is 3.27. The van der Waals surface area contributed by atoms with Crippen LogP contribution >= 0.6 is 23.5 Å². The first-order valence-electron chi connectivity index (χ1n) is 6.04. The van der Waals surface area contributed by atoms with Gasteiger partial charge in [-0.3, -0.25) is 0 Å². The molecule has 2 aliphatic rings. The van der Waals surface area contributed by atoms with Crippen molar-refractivity contribution in [1.82, 2.24) is 10.2 Å². The van der Waals surface area contributed by atoms with E-state index < -0.39 is 12.0 Å². The SMILES string of the molecule is CSC1CCCC1NC(=O)N1CSC[C@H]1C(=O)O. The summed E-state index contributed by atoms with van der Waals surface area (Å²) < 4.78 is 0. The minimum atomic E-state index is -0.914. The number of aliphatic carboxylic acids is 1. The number of carbonyl (C=O) groups is 2. The Morgan fingerprint density at radius 2 is 2.22 bits per heavy atom. The first kappa shape index (κ1) is 13.9. The lowest BCUT2D eigenvalue weighted by Gasteiger charge is -2.25. The molecule has 1 aliphatic carbocycles. The number of nitrogens with zero attached hydrogens (tertiary/aromatic N) is 1. The van der Waals surface area contributed by atoms with Crippen LogP contribution in [0, 0.1) is 0 Å². The number of rotatable bonds is 3. The van der Waals surface area contributed by atoms with Crippen LogP contribution in [0.5, 0.6) is 0 Å². The average molecular weight is 290 g/mol. The second-order valence-corrected chi connectivity index (χ2v) is 6.66. The summed E-state index contributed by atoms with van der Waals surface area (Å²) in [5.41, 5.74) is 0. The summed E-state index contributed by atoms with van der Waals surface area (Å²) in [6.45, 7) is 0. The van der Waals surface area contributed by atoms with E-state index in [0.29, 0.717) is 16.9 Å². The van der Waals surface area contributed by atoms with E-state index in [2.05, 4.69) is 11.6 Å². The van der Waals surface area contributed by atoms with Gasteiger partial charge in [-0.05, 0) is 19.1 Å². The second-order valence-electron chi connectivity index (χ2n) is 4.58. The van der Waals surface area contributed by atoms with Gasteiger partial charge in [-0.2, -0.15) is 11.8 Å². The Bertz CT molecular complexity index is 340. The van der Waals surface area contributed by atoms with E-state index >= 15 is 0 Å². The highest BCUT2D eigenvalue weighted by Gasteiger charge is 2.36. The summed E-state index contributed by atoms with van der Waals surface area (Å²) in [6, 6.07) is -0.713. The first-order chi connectivity index (χ1) is 8.63. The topological polar surface area (TPSA) is 69.6 Å². The fourth-order valence-corrected chi connectivity index (χ4v) is 4.54. The van der Waals surface area contributed by atoms with E-state index in [1.54, 1.807) is 11.8 Å². The molecule has 2 N–H and O–H groups in total. The normalized spacial score (nSPS) is 31.6. The van der Waals surface area contributed by atoms with E-state index in [9.17, 15) is 9.59 Å². The van der Waals surface area contributed by atoms with Crippen molar-refractivity contribution in [1.29, 1.82) is 0 Å². The summed E-state index contributed by atoms with van der Waals surface area (Å²) in [7, 11) is 0. The smallest absolute Gasteiger partial charge is 0.327 e. The van der Waals surface area contributed by atoms with Crippen molar-refractivity contribution in [3.05, 3.63) is 0 Å². The highest BCUT2D eigenvalue weighted by molar-refractivity contribution is 7.99. The van der Waals surface area contributed by atoms with Gasteiger partial charge in [0.1, 0.15) is 6.04 Å². The Labute approximate surface area is 115 Å². The van der Waals surface area contributed by atoms with Gasteiger partial charge in [0.2, 0.25) is 0 Å². The minimum absolute atomic E-state index is 0.188. The predicted octanol–water partition coefficient (Wildman–Crippen LogP) is 1.44. The Morgan fingerprint density at radius 3 is 2.89 bits per heavy atom. The van der Waals surface area contributed by atoms with Crippen molar-refractivity contribution < 1.29 is 14.7 Å². The van der Waals surface area contributed by atoms with Gasteiger partial charge in [0, 0.05) is 17.0 Å². The van der Waals surface area contributed by atoms with Gasteiger partial charge in [-0.15, -0.1) is 11.8 Å². The maximum atomic E-state index is 12.1. The molecule has 2 rings (SSSR count). The highest BCUT2D eigenvalue weighted by Crippen LogP contribution is 2.29. The molecule has 18 heavy (non-hydrogen) atoms. The molecule has 1 saturated carbocycles. The molecule has 102 valence electrons. The number of carbonyl (C=O) groups excluding carboxylic acids is 1.